The third-order valence-corrected chi connectivity index (χ3v) is 5.91. The number of fused-ring (bicyclic) bond motifs is 1. The standard InChI is InChI=1S/C21H24N4O3/c26-20(14-5-6-14)23-19-7-10-22-25(19)16-8-11-24(12-9-16)21(27)18-13-15-3-1-2-4-17(15)28-18/h1-4,7,10,14,16,18H,5-6,8-9,11-13H2,(H,23,26). The second-order valence-electron chi connectivity index (χ2n) is 7.90. The van der Waals surface area contributed by atoms with Gasteiger partial charge in [0.25, 0.3) is 5.91 Å². The highest BCUT2D eigenvalue weighted by Crippen LogP contribution is 2.32. The van der Waals surface area contributed by atoms with Gasteiger partial charge in [-0.25, -0.2) is 4.68 Å². The summed E-state index contributed by atoms with van der Waals surface area (Å²) in [6.45, 7) is 1.35. The molecule has 1 aromatic heterocycles. The van der Waals surface area contributed by atoms with Crippen LogP contribution in [-0.2, 0) is 16.0 Å². The Morgan fingerprint density at radius 2 is 1.86 bits per heavy atom. The molecule has 7 heteroatoms. The SMILES string of the molecule is O=C(Nc1ccnn1C1CCN(C(=O)C2Cc3ccccc3O2)CC1)C1CC1. The van der Waals surface area contributed by atoms with E-state index < -0.39 is 6.10 Å². The maximum absolute atomic E-state index is 12.9. The lowest BCUT2D eigenvalue weighted by Gasteiger charge is -2.33. The molecule has 2 fully saturated rings. The van der Waals surface area contributed by atoms with Crippen molar-refractivity contribution in [1.29, 1.82) is 0 Å². The largest absolute Gasteiger partial charge is 0.480 e. The Bertz CT molecular complexity index is 872. The van der Waals surface area contributed by atoms with Crippen molar-refractivity contribution in [2.24, 2.45) is 5.92 Å². The van der Waals surface area contributed by atoms with E-state index in [4.69, 9.17) is 4.74 Å². The minimum absolute atomic E-state index is 0.0670. The van der Waals surface area contributed by atoms with Crippen molar-refractivity contribution in [3.8, 4) is 5.75 Å². The number of rotatable bonds is 4. The molecule has 1 saturated carbocycles. The Morgan fingerprint density at radius 1 is 1.07 bits per heavy atom. The number of amides is 2. The zero-order chi connectivity index (χ0) is 19.1. The van der Waals surface area contributed by atoms with Gasteiger partial charge in [0.05, 0.1) is 12.2 Å². The van der Waals surface area contributed by atoms with Crippen LogP contribution in [0.25, 0.3) is 0 Å². The summed E-state index contributed by atoms with van der Waals surface area (Å²) in [5, 5.41) is 7.42. The number of nitrogens with one attached hydrogen (secondary N) is 1. The Kier molecular flexibility index (Phi) is 4.30. The van der Waals surface area contributed by atoms with E-state index in [1.165, 1.54) is 0 Å². The molecule has 3 aliphatic rings. The van der Waals surface area contributed by atoms with Crippen molar-refractivity contribution in [2.45, 2.75) is 44.2 Å². The highest BCUT2D eigenvalue weighted by atomic mass is 16.5. The third-order valence-electron chi connectivity index (χ3n) is 5.91. The van der Waals surface area contributed by atoms with E-state index in [1.54, 1.807) is 6.20 Å². The fourth-order valence-electron chi connectivity index (χ4n) is 4.13. The van der Waals surface area contributed by atoms with Gasteiger partial charge in [-0.05, 0) is 37.3 Å². The summed E-state index contributed by atoms with van der Waals surface area (Å²) in [5.74, 6) is 1.91. The summed E-state index contributed by atoms with van der Waals surface area (Å²) >= 11 is 0. The first kappa shape index (κ1) is 17.3. The van der Waals surface area contributed by atoms with E-state index in [2.05, 4.69) is 10.4 Å². The molecule has 28 heavy (non-hydrogen) atoms. The Labute approximate surface area is 163 Å². The first-order chi connectivity index (χ1) is 13.7. The molecular formula is C21H24N4O3. The molecule has 1 atom stereocenters. The molecule has 1 aromatic carbocycles. The lowest BCUT2D eigenvalue weighted by Crippen LogP contribution is -2.45. The predicted octanol–water partition coefficient (Wildman–Crippen LogP) is 2.40. The highest BCUT2D eigenvalue weighted by Gasteiger charge is 2.35. The van der Waals surface area contributed by atoms with Crippen molar-refractivity contribution < 1.29 is 14.3 Å². The molecule has 2 amide bonds. The van der Waals surface area contributed by atoms with Crippen molar-refractivity contribution in [1.82, 2.24) is 14.7 Å². The van der Waals surface area contributed by atoms with Crippen LogP contribution in [0.2, 0.25) is 0 Å². The second-order valence-corrected chi connectivity index (χ2v) is 7.90. The molecule has 0 spiro atoms. The number of ether oxygens (including phenoxy) is 1. The predicted molar refractivity (Wildman–Crippen MR) is 103 cm³/mol. The number of para-hydroxylation sites is 1. The Morgan fingerprint density at radius 3 is 2.61 bits per heavy atom. The molecule has 1 aliphatic carbocycles. The van der Waals surface area contributed by atoms with Crippen LogP contribution in [0.4, 0.5) is 5.82 Å². The maximum atomic E-state index is 12.9. The minimum atomic E-state index is -0.410. The van der Waals surface area contributed by atoms with Crippen molar-refractivity contribution in [2.75, 3.05) is 18.4 Å². The van der Waals surface area contributed by atoms with Gasteiger partial charge in [0.2, 0.25) is 5.91 Å². The number of nitrogens with zero attached hydrogens (tertiary/aromatic N) is 3. The van der Waals surface area contributed by atoms with Crippen LogP contribution >= 0.6 is 0 Å². The number of aromatic nitrogens is 2. The number of hydrogen-bond acceptors (Lipinski definition) is 4. The normalized spacial score (nSPS) is 21.9. The number of piperidine rings is 1. The summed E-state index contributed by atoms with van der Waals surface area (Å²) in [4.78, 5) is 26.9. The Hall–Kier alpha value is -2.83. The van der Waals surface area contributed by atoms with Crippen LogP contribution in [0, 0.1) is 5.92 Å². The summed E-state index contributed by atoms with van der Waals surface area (Å²) in [7, 11) is 0. The highest BCUT2D eigenvalue weighted by molar-refractivity contribution is 5.93. The topological polar surface area (TPSA) is 76.5 Å². The van der Waals surface area contributed by atoms with Crippen LogP contribution < -0.4 is 10.1 Å². The summed E-state index contributed by atoms with van der Waals surface area (Å²) in [6.07, 6.45) is 5.56. The van der Waals surface area contributed by atoms with Crippen LogP contribution in [-0.4, -0.2) is 45.7 Å². The Balaban J connectivity index is 1.19. The van der Waals surface area contributed by atoms with Gasteiger partial charge in [-0.3, -0.25) is 9.59 Å². The fraction of sp³-hybridized carbons (Fsp3) is 0.476. The van der Waals surface area contributed by atoms with Crippen LogP contribution in [0.5, 0.6) is 5.75 Å². The molecule has 5 rings (SSSR count). The van der Waals surface area contributed by atoms with E-state index in [-0.39, 0.29) is 23.8 Å². The van der Waals surface area contributed by atoms with E-state index in [0.29, 0.717) is 19.5 Å². The fourth-order valence-corrected chi connectivity index (χ4v) is 4.13. The average Bonchev–Trinajstić information content (AvgIpc) is 3.33. The monoisotopic (exact) mass is 380 g/mol. The van der Waals surface area contributed by atoms with E-state index >= 15 is 0 Å². The maximum Gasteiger partial charge on any atom is 0.263 e. The number of hydrogen-bond donors (Lipinski definition) is 1. The zero-order valence-electron chi connectivity index (χ0n) is 15.7. The average molecular weight is 380 g/mol. The molecule has 2 aromatic rings. The number of anilines is 1. The van der Waals surface area contributed by atoms with Gasteiger partial charge in [0, 0.05) is 31.5 Å². The smallest absolute Gasteiger partial charge is 0.263 e. The van der Waals surface area contributed by atoms with Crippen molar-refractivity contribution >= 4 is 17.6 Å². The van der Waals surface area contributed by atoms with Gasteiger partial charge < -0.3 is 15.0 Å². The van der Waals surface area contributed by atoms with E-state index in [9.17, 15) is 9.59 Å². The molecule has 146 valence electrons. The van der Waals surface area contributed by atoms with Crippen molar-refractivity contribution in [3.63, 3.8) is 0 Å². The molecular weight excluding hydrogens is 356 g/mol. The number of likely N-dealkylation sites (tertiary alicyclic amines) is 1. The number of benzene rings is 1. The van der Waals surface area contributed by atoms with Gasteiger partial charge in [-0.2, -0.15) is 5.10 Å². The summed E-state index contributed by atoms with van der Waals surface area (Å²) in [6, 6.07) is 9.88. The first-order valence-corrected chi connectivity index (χ1v) is 10.1. The molecule has 7 nitrogen and oxygen atoms in total. The van der Waals surface area contributed by atoms with Gasteiger partial charge >= 0.3 is 0 Å². The molecule has 1 saturated heterocycles. The van der Waals surface area contributed by atoms with E-state index in [0.717, 1.165) is 42.8 Å². The second kappa shape index (κ2) is 6.96. The molecule has 3 heterocycles. The quantitative estimate of drug-likeness (QED) is 0.884. The van der Waals surface area contributed by atoms with Gasteiger partial charge in [0.15, 0.2) is 6.10 Å². The molecule has 1 N–H and O–H groups in total. The van der Waals surface area contributed by atoms with Gasteiger partial charge in [-0.15, -0.1) is 0 Å². The number of carbonyl (C=O) groups excluding carboxylic acids is 2. The number of carbonyl (C=O) groups is 2. The summed E-state index contributed by atoms with van der Waals surface area (Å²) < 4.78 is 7.76. The summed E-state index contributed by atoms with van der Waals surface area (Å²) in [5.41, 5.74) is 1.10. The lowest BCUT2D eigenvalue weighted by molar-refractivity contribution is -0.139. The molecule has 2 aliphatic heterocycles. The molecule has 0 bridgehead atoms. The molecule has 1 unspecified atom stereocenters. The first-order valence-electron chi connectivity index (χ1n) is 10.1. The van der Waals surface area contributed by atoms with Gasteiger partial charge in [0.1, 0.15) is 11.6 Å². The lowest BCUT2D eigenvalue weighted by atomic mass is 10.0. The third kappa shape index (κ3) is 3.25. The van der Waals surface area contributed by atoms with Gasteiger partial charge in [-0.1, -0.05) is 18.2 Å². The van der Waals surface area contributed by atoms with Crippen LogP contribution in [0.15, 0.2) is 36.5 Å². The van der Waals surface area contributed by atoms with Crippen LogP contribution in [0.3, 0.4) is 0 Å². The van der Waals surface area contributed by atoms with E-state index in [1.807, 2.05) is 39.9 Å². The zero-order valence-corrected chi connectivity index (χ0v) is 15.7. The minimum Gasteiger partial charge on any atom is -0.480 e. The van der Waals surface area contributed by atoms with Crippen LogP contribution in [0.1, 0.15) is 37.3 Å². The van der Waals surface area contributed by atoms with Crippen molar-refractivity contribution in [3.05, 3.63) is 42.1 Å². The molecule has 0 radical (unpaired) electrons.